The third-order valence-electron chi connectivity index (χ3n) is 5.25. The van der Waals surface area contributed by atoms with Crippen LogP contribution in [0.4, 0.5) is 30.1 Å². The lowest BCUT2D eigenvalue weighted by Gasteiger charge is -2.23. The number of nitrogens with one attached hydrogen (secondary N) is 3. The average molecular weight is 489 g/mol. The van der Waals surface area contributed by atoms with Gasteiger partial charge in [-0.2, -0.15) is 0 Å². The number of benzene rings is 2. The van der Waals surface area contributed by atoms with Crippen molar-refractivity contribution in [1.29, 1.82) is 0 Å². The number of hydrogen-bond acceptors (Lipinski definition) is 6. The highest BCUT2D eigenvalue weighted by atomic mass is 32.1. The van der Waals surface area contributed by atoms with Gasteiger partial charge in [0.15, 0.2) is 11.6 Å². The lowest BCUT2D eigenvalue weighted by molar-refractivity contribution is -0.119. The number of anilines is 3. The van der Waals surface area contributed by atoms with E-state index in [9.17, 15) is 18.4 Å². The Kier molecular flexibility index (Phi) is 8.11. The molecule has 0 bridgehead atoms. The summed E-state index contributed by atoms with van der Waals surface area (Å²) >= 11 is 1.22. The molecule has 0 aliphatic carbocycles. The van der Waals surface area contributed by atoms with Gasteiger partial charge in [-0.15, -0.1) is 10.2 Å². The molecule has 3 aromatic rings. The number of aromatic nitrogens is 2. The summed E-state index contributed by atoms with van der Waals surface area (Å²) in [5.41, 5.74) is 1.98. The first-order valence-electron chi connectivity index (χ1n) is 10.6. The van der Waals surface area contributed by atoms with Crippen LogP contribution in [0.2, 0.25) is 0 Å². The first-order chi connectivity index (χ1) is 16.2. The average Bonchev–Trinajstić information content (AvgIpc) is 3.27. The Balaban J connectivity index is 1.67. The van der Waals surface area contributed by atoms with Crippen molar-refractivity contribution in [2.45, 2.75) is 26.3 Å². The number of urea groups is 1. The monoisotopic (exact) mass is 488 g/mol. The number of halogens is 2. The molecule has 0 saturated carbocycles. The van der Waals surface area contributed by atoms with E-state index in [1.807, 2.05) is 57.1 Å². The number of nitrogens with zero attached hydrogens (tertiary/aromatic N) is 3. The minimum Gasteiger partial charge on any atom is -0.378 e. The van der Waals surface area contributed by atoms with E-state index in [-0.39, 0.29) is 11.6 Å². The Labute approximate surface area is 200 Å². The van der Waals surface area contributed by atoms with E-state index in [4.69, 9.17) is 0 Å². The van der Waals surface area contributed by atoms with Gasteiger partial charge in [0.1, 0.15) is 11.0 Å². The minimum atomic E-state index is -1.09. The molecule has 0 spiro atoms. The molecule has 3 rings (SSSR count). The Bertz CT molecular complexity index is 1150. The zero-order valence-electron chi connectivity index (χ0n) is 19.2. The Morgan fingerprint density at radius 1 is 1.03 bits per heavy atom. The highest BCUT2D eigenvalue weighted by Gasteiger charge is 2.27. The molecular formula is C23H26F2N6O2S. The summed E-state index contributed by atoms with van der Waals surface area (Å²) in [6.07, 6.45) is 0.614. The first kappa shape index (κ1) is 25.0. The predicted molar refractivity (Wildman–Crippen MR) is 130 cm³/mol. The molecule has 8 nitrogen and oxygen atoms in total. The minimum absolute atomic E-state index is 0.0637. The molecule has 2 aromatic carbocycles. The summed E-state index contributed by atoms with van der Waals surface area (Å²) in [4.78, 5) is 27.3. The summed E-state index contributed by atoms with van der Waals surface area (Å²) < 4.78 is 26.5. The van der Waals surface area contributed by atoms with Crippen LogP contribution in [0.3, 0.4) is 0 Å². The summed E-state index contributed by atoms with van der Waals surface area (Å²) in [5, 5.41) is 16.8. The van der Waals surface area contributed by atoms with Crippen LogP contribution in [-0.2, 0) is 4.79 Å². The summed E-state index contributed by atoms with van der Waals surface area (Å²) in [5.74, 6) is -2.77. The number of carbonyl (C=O) groups is 2. The van der Waals surface area contributed by atoms with E-state index < -0.39 is 29.6 Å². The van der Waals surface area contributed by atoms with Crippen molar-refractivity contribution < 1.29 is 18.4 Å². The molecule has 11 heteroatoms. The maximum atomic E-state index is 13.4. The van der Waals surface area contributed by atoms with Gasteiger partial charge in [0.05, 0.1) is 0 Å². The van der Waals surface area contributed by atoms with Crippen LogP contribution in [0, 0.1) is 17.6 Å². The van der Waals surface area contributed by atoms with Crippen LogP contribution >= 0.6 is 11.3 Å². The standard InChI is InChI=1S/C23H26F2N6O2S/c1-5-13(2)19(27-22(33)26-15-8-11-17(24)18(25)12-15)20(32)28-23-30-29-21(34-23)14-6-9-16(10-7-14)31(3)4/h6-13,19H,5H2,1-4H3,(H2,26,27,33)(H,28,30,32). The summed E-state index contributed by atoms with van der Waals surface area (Å²) in [7, 11) is 3.90. The highest BCUT2D eigenvalue weighted by Crippen LogP contribution is 2.28. The molecule has 2 atom stereocenters. The van der Waals surface area contributed by atoms with Gasteiger partial charge in [0.25, 0.3) is 0 Å². The summed E-state index contributed by atoms with van der Waals surface area (Å²) in [6, 6.07) is 9.16. The van der Waals surface area contributed by atoms with Crippen molar-refractivity contribution in [3.05, 3.63) is 54.1 Å². The highest BCUT2D eigenvalue weighted by molar-refractivity contribution is 7.18. The third-order valence-corrected chi connectivity index (χ3v) is 6.13. The van der Waals surface area contributed by atoms with Crippen molar-refractivity contribution in [2.24, 2.45) is 5.92 Å². The zero-order chi connectivity index (χ0) is 24.8. The van der Waals surface area contributed by atoms with E-state index >= 15 is 0 Å². The van der Waals surface area contributed by atoms with Crippen LogP contribution in [0.5, 0.6) is 0 Å². The topological polar surface area (TPSA) is 99.2 Å². The fourth-order valence-corrected chi connectivity index (χ4v) is 3.81. The summed E-state index contributed by atoms with van der Waals surface area (Å²) in [6.45, 7) is 3.71. The van der Waals surface area contributed by atoms with E-state index in [1.165, 1.54) is 17.4 Å². The Hall–Kier alpha value is -3.60. The van der Waals surface area contributed by atoms with Crippen LogP contribution in [-0.4, -0.2) is 42.3 Å². The second-order valence-corrected chi connectivity index (χ2v) is 8.91. The molecule has 34 heavy (non-hydrogen) atoms. The third kappa shape index (κ3) is 6.25. The lowest BCUT2D eigenvalue weighted by atomic mass is 9.98. The molecule has 3 N–H and O–H groups in total. The lowest BCUT2D eigenvalue weighted by Crippen LogP contribution is -2.49. The molecule has 0 saturated heterocycles. The predicted octanol–water partition coefficient (Wildman–Crippen LogP) is 4.72. The van der Waals surface area contributed by atoms with Gasteiger partial charge < -0.3 is 15.5 Å². The zero-order valence-corrected chi connectivity index (χ0v) is 20.0. The largest absolute Gasteiger partial charge is 0.378 e. The van der Waals surface area contributed by atoms with E-state index in [2.05, 4.69) is 26.1 Å². The number of hydrogen-bond donors (Lipinski definition) is 3. The van der Waals surface area contributed by atoms with E-state index in [0.717, 1.165) is 23.4 Å². The van der Waals surface area contributed by atoms with Crippen molar-refractivity contribution in [2.75, 3.05) is 29.6 Å². The number of rotatable bonds is 8. The van der Waals surface area contributed by atoms with Crippen LogP contribution in [0.1, 0.15) is 20.3 Å². The fourth-order valence-electron chi connectivity index (χ4n) is 3.06. The van der Waals surface area contributed by atoms with Gasteiger partial charge in [0, 0.05) is 37.1 Å². The van der Waals surface area contributed by atoms with Gasteiger partial charge in [-0.3, -0.25) is 10.1 Å². The van der Waals surface area contributed by atoms with Crippen LogP contribution < -0.4 is 20.9 Å². The van der Waals surface area contributed by atoms with Gasteiger partial charge >= 0.3 is 6.03 Å². The SMILES string of the molecule is CCC(C)C(NC(=O)Nc1ccc(F)c(F)c1)C(=O)Nc1nnc(-c2ccc(N(C)C)cc2)s1. The Morgan fingerprint density at radius 2 is 1.74 bits per heavy atom. The molecule has 180 valence electrons. The molecule has 0 aliphatic heterocycles. The second-order valence-electron chi connectivity index (χ2n) is 7.93. The van der Waals surface area contributed by atoms with Crippen molar-refractivity contribution >= 4 is 39.8 Å². The van der Waals surface area contributed by atoms with Crippen molar-refractivity contribution in [3.8, 4) is 10.6 Å². The van der Waals surface area contributed by atoms with Gasteiger partial charge in [-0.1, -0.05) is 31.6 Å². The normalized spacial score (nSPS) is 12.5. The maximum Gasteiger partial charge on any atom is 0.319 e. The maximum absolute atomic E-state index is 13.4. The van der Waals surface area contributed by atoms with Crippen LogP contribution in [0.25, 0.3) is 10.6 Å². The van der Waals surface area contributed by atoms with Gasteiger partial charge in [-0.05, 0) is 42.3 Å². The molecule has 1 aromatic heterocycles. The molecule has 0 fully saturated rings. The van der Waals surface area contributed by atoms with Gasteiger partial charge in [-0.25, -0.2) is 13.6 Å². The van der Waals surface area contributed by atoms with Crippen molar-refractivity contribution in [3.63, 3.8) is 0 Å². The smallest absolute Gasteiger partial charge is 0.319 e. The fraction of sp³-hybridized carbons (Fsp3) is 0.304. The molecular weight excluding hydrogens is 462 g/mol. The molecule has 3 amide bonds. The van der Waals surface area contributed by atoms with E-state index in [1.54, 1.807) is 0 Å². The number of amides is 3. The first-order valence-corrected chi connectivity index (χ1v) is 11.4. The molecule has 0 aliphatic rings. The van der Waals surface area contributed by atoms with E-state index in [0.29, 0.717) is 16.6 Å². The van der Waals surface area contributed by atoms with Gasteiger partial charge in [0.2, 0.25) is 11.0 Å². The molecule has 2 unspecified atom stereocenters. The Morgan fingerprint density at radius 3 is 2.35 bits per heavy atom. The second kappa shape index (κ2) is 11.0. The quantitative estimate of drug-likeness (QED) is 0.426. The molecule has 1 heterocycles. The molecule has 0 radical (unpaired) electrons. The van der Waals surface area contributed by atoms with Crippen molar-refractivity contribution in [1.82, 2.24) is 15.5 Å². The number of carbonyl (C=O) groups excluding carboxylic acids is 2. The van der Waals surface area contributed by atoms with Crippen LogP contribution in [0.15, 0.2) is 42.5 Å².